The van der Waals surface area contributed by atoms with Crippen LogP contribution in [0.5, 0.6) is 11.5 Å². The fourth-order valence-electron chi connectivity index (χ4n) is 2.29. The van der Waals surface area contributed by atoms with Gasteiger partial charge in [0.15, 0.2) is 0 Å². The number of hydroxylamine groups is 1. The van der Waals surface area contributed by atoms with Crippen molar-refractivity contribution in [1.82, 2.24) is 5.48 Å². The number of hydrogen-bond acceptors (Lipinski definition) is 3. The lowest BCUT2D eigenvalue weighted by Crippen LogP contribution is -2.45. The Labute approximate surface area is 145 Å². The second kappa shape index (κ2) is 6.86. The normalized spacial score (nSPS) is 12.5. The van der Waals surface area contributed by atoms with Crippen molar-refractivity contribution < 1.29 is 9.94 Å². The molecule has 2 aromatic rings. The third-order valence-corrected chi connectivity index (χ3v) is 5.04. The summed E-state index contributed by atoms with van der Waals surface area (Å²) in [6, 6.07) is 15.5. The van der Waals surface area contributed by atoms with Crippen LogP contribution in [0, 0.1) is 5.92 Å². The van der Waals surface area contributed by atoms with Crippen LogP contribution in [0.15, 0.2) is 48.5 Å². The van der Waals surface area contributed by atoms with Crippen LogP contribution in [-0.4, -0.2) is 10.6 Å². The molecule has 0 saturated heterocycles. The average Bonchev–Trinajstić information content (AvgIpc) is 2.53. The molecule has 0 bridgehead atoms. The number of phenolic OH excluding ortho intramolecular Hbond substituents is 1. The van der Waals surface area contributed by atoms with Crippen LogP contribution in [0.3, 0.4) is 0 Å². The van der Waals surface area contributed by atoms with E-state index in [0.717, 1.165) is 11.3 Å². The van der Waals surface area contributed by atoms with Crippen molar-refractivity contribution >= 4 is 0 Å². The quantitative estimate of drug-likeness (QED) is 0.731. The first-order chi connectivity index (χ1) is 11.1. The molecule has 0 aliphatic heterocycles. The van der Waals surface area contributed by atoms with E-state index in [1.165, 1.54) is 5.56 Å². The van der Waals surface area contributed by atoms with E-state index < -0.39 is 0 Å². The van der Waals surface area contributed by atoms with E-state index >= 15 is 0 Å². The second-order valence-electron chi connectivity index (χ2n) is 7.78. The minimum absolute atomic E-state index is 0.0933. The van der Waals surface area contributed by atoms with E-state index in [1.807, 2.05) is 24.3 Å². The van der Waals surface area contributed by atoms with Crippen molar-refractivity contribution in [2.75, 3.05) is 0 Å². The van der Waals surface area contributed by atoms with Crippen molar-refractivity contribution in [2.24, 2.45) is 5.92 Å². The predicted octanol–water partition coefficient (Wildman–Crippen LogP) is 5.04. The molecule has 0 atom stereocenters. The monoisotopic (exact) mass is 327 g/mol. The molecule has 2 aromatic carbocycles. The molecule has 0 spiro atoms. The molecular weight excluding hydrogens is 298 g/mol. The Morgan fingerprint density at radius 1 is 0.833 bits per heavy atom. The first-order valence-electron chi connectivity index (χ1n) is 8.47. The topological polar surface area (TPSA) is 41.5 Å². The van der Waals surface area contributed by atoms with E-state index in [2.05, 4.69) is 59.2 Å². The summed E-state index contributed by atoms with van der Waals surface area (Å²) in [5, 5.41) is 9.47. The standard InChI is InChI=1S/C21H29NO2/c1-15(2)21(5,6)22-24-19-13-9-17(10-14-19)20(3,4)16-7-11-18(23)12-8-16/h7-15,22-23H,1-6H3. The highest BCUT2D eigenvalue weighted by molar-refractivity contribution is 5.41. The Bertz CT molecular complexity index is 655. The summed E-state index contributed by atoms with van der Waals surface area (Å²) in [5.41, 5.74) is 5.27. The second-order valence-corrected chi connectivity index (χ2v) is 7.78. The maximum absolute atomic E-state index is 9.47. The van der Waals surface area contributed by atoms with Crippen molar-refractivity contribution in [1.29, 1.82) is 0 Å². The maximum atomic E-state index is 9.47. The Hall–Kier alpha value is -2.00. The van der Waals surface area contributed by atoms with Gasteiger partial charge in [-0.1, -0.05) is 52.0 Å². The maximum Gasteiger partial charge on any atom is 0.147 e. The highest BCUT2D eigenvalue weighted by Gasteiger charge is 2.24. The highest BCUT2D eigenvalue weighted by Crippen LogP contribution is 2.33. The van der Waals surface area contributed by atoms with Crippen molar-refractivity contribution in [3.05, 3.63) is 59.7 Å². The summed E-state index contributed by atoms with van der Waals surface area (Å²) in [4.78, 5) is 5.74. The van der Waals surface area contributed by atoms with Gasteiger partial charge < -0.3 is 9.94 Å². The molecule has 24 heavy (non-hydrogen) atoms. The van der Waals surface area contributed by atoms with Crippen LogP contribution in [-0.2, 0) is 5.41 Å². The van der Waals surface area contributed by atoms with Crippen molar-refractivity contribution in [2.45, 2.75) is 52.5 Å². The van der Waals surface area contributed by atoms with Gasteiger partial charge in [-0.2, -0.15) is 5.48 Å². The zero-order valence-corrected chi connectivity index (χ0v) is 15.6. The lowest BCUT2D eigenvalue weighted by Gasteiger charge is -2.30. The molecule has 0 radical (unpaired) electrons. The summed E-state index contributed by atoms with van der Waals surface area (Å²) in [6.07, 6.45) is 0. The number of phenols is 1. The molecular formula is C21H29NO2. The Kier molecular flexibility index (Phi) is 5.24. The molecule has 0 fully saturated rings. The van der Waals surface area contributed by atoms with E-state index in [-0.39, 0.29) is 16.7 Å². The van der Waals surface area contributed by atoms with E-state index in [1.54, 1.807) is 12.1 Å². The number of aromatic hydroxyl groups is 1. The lowest BCUT2D eigenvalue weighted by atomic mass is 9.78. The summed E-state index contributed by atoms with van der Waals surface area (Å²) in [6.45, 7) is 12.9. The minimum Gasteiger partial charge on any atom is -0.508 e. The zero-order valence-electron chi connectivity index (χ0n) is 15.6. The zero-order chi connectivity index (χ0) is 18.0. The van der Waals surface area contributed by atoms with Gasteiger partial charge in [-0.15, -0.1) is 0 Å². The van der Waals surface area contributed by atoms with Gasteiger partial charge in [0.05, 0.1) is 5.54 Å². The van der Waals surface area contributed by atoms with Crippen LogP contribution in [0.1, 0.15) is 52.7 Å². The molecule has 0 unspecified atom stereocenters. The summed E-state index contributed by atoms with van der Waals surface area (Å²) in [5.74, 6) is 1.55. The Morgan fingerprint density at radius 2 is 1.29 bits per heavy atom. The first-order valence-corrected chi connectivity index (χ1v) is 8.47. The lowest BCUT2D eigenvalue weighted by molar-refractivity contribution is 0.0790. The third kappa shape index (κ3) is 4.09. The van der Waals surface area contributed by atoms with Gasteiger partial charge in [-0.3, -0.25) is 0 Å². The van der Waals surface area contributed by atoms with Crippen LogP contribution >= 0.6 is 0 Å². The van der Waals surface area contributed by atoms with Crippen LogP contribution < -0.4 is 10.3 Å². The molecule has 0 heterocycles. The molecule has 3 nitrogen and oxygen atoms in total. The fourth-order valence-corrected chi connectivity index (χ4v) is 2.29. The van der Waals surface area contributed by atoms with Crippen LogP contribution in [0.25, 0.3) is 0 Å². The fraction of sp³-hybridized carbons (Fsp3) is 0.429. The van der Waals surface area contributed by atoms with Gasteiger partial charge >= 0.3 is 0 Å². The molecule has 0 aliphatic carbocycles. The van der Waals surface area contributed by atoms with Crippen molar-refractivity contribution in [3.8, 4) is 11.5 Å². The SMILES string of the molecule is CC(C)C(C)(C)NOc1ccc(C(C)(C)c2ccc(O)cc2)cc1. The molecule has 0 amide bonds. The highest BCUT2D eigenvalue weighted by atomic mass is 16.6. The molecule has 2 N–H and O–H groups in total. The smallest absolute Gasteiger partial charge is 0.147 e. The van der Waals surface area contributed by atoms with Crippen LogP contribution in [0.2, 0.25) is 0 Å². The minimum atomic E-state index is -0.142. The Balaban J connectivity index is 2.12. The van der Waals surface area contributed by atoms with Gasteiger partial charge in [-0.05, 0) is 55.2 Å². The van der Waals surface area contributed by atoms with E-state index in [0.29, 0.717) is 5.92 Å². The Morgan fingerprint density at radius 3 is 1.75 bits per heavy atom. The number of nitrogens with one attached hydrogen (secondary N) is 1. The third-order valence-electron chi connectivity index (χ3n) is 5.04. The number of rotatable bonds is 6. The van der Waals surface area contributed by atoms with Gasteiger partial charge in [0.25, 0.3) is 0 Å². The summed E-state index contributed by atoms with van der Waals surface area (Å²) >= 11 is 0. The van der Waals surface area contributed by atoms with E-state index in [9.17, 15) is 5.11 Å². The largest absolute Gasteiger partial charge is 0.508 e. The predicted molar refractivity (Wildman–Crippen MR) is 99.4 cm³/mol. The summed E-state index contributed by atoms with van der Waals surface area (Å²) in [7, 11) is 0. The number of benzene rings is 2. The van der Waals surface area contributed by atoms with Gasteiger partial charge in [-0.25, -0.2) is 0 Å². The average molecular weight is 327 g/mol. The molecule has 0 aliphatic rings. The van der Waals surface area contributed by atoms with Gasteiger partial charge in [0.2, 0.25) is 0 Å². The van der Waals surface area contributed by atoms with Crippen LogP contribution in [0.4, 0.5) is 0 Å². The van der Waals surface area contributed by atoms with Gasteiger partial charge in [0, 0.05) is 5.41 Å². The number of hydrogen-bond donors (Lipinski definition) is 2. The van der Waals surface area contributed by atoms with Crippen molar-refractivity contribution in [3.63, 3.8) is 0 Å². The summed E-state index contributed by atoms with van der Waals surface area (Å²) < 4.78 is 0. The first kappa shape index (κ1) is 18.3. The molecule has 0 saturated carbocycles. The molecule has 3 heteroatoms. The van der Waals surface area contributed by atoms with E-state index in [4.69, 9.17) is 4.84 Å². The molecule has 0 aromatic heterocycles. The molecule has 130 valence electrons. The van der Waals surface area contributed by atoms with Gasteiger partial charge in [0.1, 0.15) is 11.5 Å². The molecule has 2 rings (SSSR count).